The van der Waals surface area contributed by atoms with Crippen LogP contribution in [0.5, 0.6) is 0 Å². The first-order valence-corrected chi connectivity index (χ1v) is 16.5. The fourth-order valence-electron chi connectivity index (χ4n) is 8.03. The lowest BCUT2D eigenvalue weighted by atomic mass is 9.68. The monoisotopic (exact) mass is 620 g/mol. The molecule has 1 spiro atoms. The molecule has 5 aromatic heterocycles. The third-order valence-corrected chi connectivity index (χ3v) is 11.5. The summed E-state index contributed by atoms with van der Waals surface area (Å²) in [6.45, 7) is 5.47. The van der Waals surface area contributed by atoms with E-state index in [2.05, 4.69) is 32.1 Å². The lowest BCUT2D eigenvalue weighted by Gasteiger charge is -2.53. The summed E-state index contributed by atoms with van der Waals surface area (Å²) >= 11 is 1.71. The van der Waals surface area contributed by atoms with Gasteiger partial charge in [0.15, 0.2) is 0 Å². The number of piperidine rings is 1. The Kier molecular flexibility index (Phi) is 6.27. The first-order valence-electron chi connectivity index (χ1n) is 15.7. The largest absolute Gasteiger partial charge is 0.389 e. The van der Waals surface area contributed by atoms with Crippen molar-refractivity contribution in [3.63, 3.8) is 0 Å². The zero-order valence-corrected chi connectivity index (χ0v) is 26.6. The maximum absolute atomic E-state index is 14.3. The van der Waals surface area contributed by atoms with E-state index < -0.39 is 11.0 Å². The topological polar surface area (TPSA) is 127 Å². The van der Waals surface area contributed by atoms with E-state index in [1.165, 1.54) is 0 Å². The summed E-state index contributed by atoms with van der Waals surface area (Å²) in [5.41, 5.74) is 3.84. The number of pyridine rings is 2. The Bertz CT molecular complexity index is 1980. The molecule has 0 aromatic carbocycles. The molecule has 5 aromatic rings. The lowest BCUT2D eigenvalue weighted by Crippen LogP contribution is -2.59. The Hall–Kier alpha value is -4.11. The van der Waals surface area contributed by atoms with Crippen molar-refractivity contribution in [2.75, 3.05) is 25.0 Å². The van der Waals surface area contributed by atoms with Gasteiger partial charge in [-0.25, -0.2) is 4.98 Å². The van der Waals surface area contributed by atoms with Crippen molar-refractivity contribution >= 4 is 44.1 Å². The Labute approximate surface area is 265 Å². The number of amides is 1. The van der Waals surface area contributed by atoms with Crippen molar-refractivity contribution in [2.24, 2.45) is 0 Å². The van der Waals surface area contributed by atoms with Gasteiger partial charge in [-0.05, 0) is 58.1 Å². The maximum atomic E-state index is 14.3. The molecule has 2 fully saturated rings. The minimum Gasteiger partial charge on any atom is -0.389 e. The van der Waals surface area contributed by atoms with Crippen LogP contribution in [0.15, 0.2) is 43.1 Å². The number of likely N-dealkylation sites (tertiary alicyclic amines) is 1. The molecule has 1 amide bonds. The third kappa shape index (κ3) is 4.26. The minimum atomic E-state index is -0.912. The summed E-state index contributed by atoms with van der Waals surface area (Å²) in [5.74, 6) is 0.127. The van der Waals surface area contributed by atoms with E-state index in [0.717, 1.165) is 86.4 Å². The first kappa shape index (κ1) is 28.4. The molecule has 3 aliphatic rings. The van der Waals surface area contributed by atoms with Crippen LogP contribution in [0.1, 0.15) is 57.9 Å². The summed E-state index contributed by atoms with van der Waals surface area (Å²) in [4.78, 5) is 32.6. The molecule has 45 heavy (non-hydrogen) atoms. The second-order valence-electron chi connectivity index (χ2n) is 13.7. The summed E-state index contributed by atoms with van der Waals surface area (Å²) in [6, 6.07) is 6.65. The smallest absolute Gasteiger partial charge is 0.237 e. The van der Waals surface area contributed by atoms with Gasteiger partial charge in [0.05, 0.1) is 53.8 Å². The molecule has 1 saturated heterocycles. The number of anilines is 1. The van der Waals surface area contributed by atoms with E-state index in [1.807, 2.05) is 44.1 Å². The van der Waals surface area contributed by atoms with Crippen molar-refractivity contribution < 1.29 is 9.90 Å². The number of carbonyl (C=O) groups excluding carboxylic acids is 1. The summed E-state index contributed by atoms with van der Waals surface area (Å²) in [5, 5.41) is 26.7. The highest BCUT2D eigenvalue weighted by Gasteiger charge is 2.55. The quantitative estimate of drug-likeness (QED) is 0.252. The highest BCUT2D eigenvalue weighted by Crippen LogP contribution is 2.55. The predicted octanol–water partition coefficient (Wildman–Crippen LogP) is 5.62. The molecule has 1 aliphatic carbocycles. The Morgan fingerprint density at radius 3 is 2.67 bits per heavy atom. The number of aromatic amines is 1. The molecular formula is C34H36N8O2S. The van der Waals surface area contributed by atoms with Crippen molar-refractivity contribution in [1.29, 1.82) is 5.26 Å². The van der Waals surface area contributed by atoms with Gasteiger partial charge in [0, 0.05) is 81.3 Å². The number of thiophene rings is 1. The maximum Gasteiger partial charge on any atom is 0.237 e. The van der Waals surface area contributed by atoms with E-state index in [1.54, 1.807) is 34.8 Å². The summed E-state index contributed by atoms with van der Waals surface area (Å²) in [7, 11) is 1.87. The second kappa shape index (κ2) is 9.94. The van der Waals surface area contributed by atoms with Crippen LogP contribution in [-0.4, -0.2) is 71.9 Å². The lowest BCUT2D eigenvalue weighted by molar-refractivity contribution is -0.126. The number of nitrogens with zero attached hydrogens (tertiary/aromatic N) is 7. The molecule has 10 nitrogen and oxygen atoms in total. The average Bonchev–Trinajstić information content (AvgIpc) is 3.76. The van der Waals surface area contributed by atoms with E-state index >= 15 is 0 Å². The van der Waals surface area contributed by atoms with E-state index in [4.69, 9.17) is 4.98 Å². The molecule has 2 aliphatic heterocycles. The standard InChI is InChI=1S/C34H36N8O2S/c1-32(2,44)20-42-19-22(17-38-42)29-26(25-15-21-16-36-12-5-24(21)45-25)27-28-23(18-37-30(27)39-29)40(3)31(43)34(28)9-13-41(14-10-34)33(8-11-35)6-4-7-33/h5,12,15-19,44H,4,6-10,13-14,20H2,1-3H3,(H,37,39). The van der Waals surface area contributed by atoms with Crippen molar-refractivity contribution in [2.45, 2.75) is 75.5 Å². The van der Waals surface area contributed by atoms with Crippen LogP contribution in [0, 0.1) is 11.3 Å². The number of aromatic nitrogens is 5. The second-order valence-corrected chi connectivity index (χ2v) is 14.8. The number of carbonyl (C=O) groups is 1. The Balaban J connectivity index is 1.32. The number of nitrogens with one attached hydrogen (secondary N) is 1. The SMILES string of the molecule is CN1C(=O)C2(CCN(C3(CC#N)CCC3)CC2)c2c1cnc1[nH]c(-c3cnn(CC(C)(C)O)c3)c(-c3cc4cnccc4s3)c21. The van der Waals surface area contributed by atoms with Crippen molar-refractivity contribution in [1.82, 2.24) is 29.6 Å². The van der Waals surface area contributed by atoms with Gasteiger partial charge in [-0.15, -0.1) is 11.3 Å². The minimum absolute atomic E-state index is 0.0406. The van der Waals surface area contributed by atoms with Crippen molar-refractivity contribution in [3.8, 4) is 27.8 Å². The number of hydrogen-bond acceptors (Lipinski definition) is 8. The zero-order chi connectivity index (χ0) is 31.1. The molecule has 230 valence electrons. The number of H-pyrrole nitrogens is 1. The molecular weight excluding hydrogens is 584 g/mol. The normalized spacial score (nSPS) is 19.4. The summed E-state index contributed by atoms with van der Waals surface area (Å²) in [6.07, 6.45) is 14.6. The van der Waals surface area contributed by atoms with E-state index in [9.17, 15) is 15.2 Å². The Morgan fingerprint density at radius 1 is 1.18 bits per heavy atom. The van der Waals surface area contributed by atoms with Crippen LogP contribution in [0.4, 0.5) is 5.69 Å². The number of hydrogen-bond donors (Lipinski definition) is 2. The van der Waals surface area contributed by atoms with Gasteiger partial charge < -0.3 is 15.0 Å². The van der Waals surface area contributed by atoms with Gasteiger partial charge in [-0.1, -0.05) is 0 Å². The van der Waals surface area contributed by atoms with Crippen LogP contribution >= 0.6 is 11.3 Å². The van der Waals surface area contributed by atoms with Gasteiger partial charge in [0.2, 0.25) is 5.91 Å². The van der Waals surface area contributed by atoms with Gasteiger partial charge in [-0.3, -0.25) is 19.4 Å². The van der Waals surface area contributed by atoms with Crippen LogP contribution in [0.3, 0.4) is 0 Å². The summed E-state index contributed by atoms with van der Waals surface area (Å²) < 4.78 is 2.90. The van der Waals surface area contributed by atoms with Crippen molar-refractivity contribution in [3.05, 3.63) is 48.7 Å². The third-order valence-electron chi connectivity index (χ3n) is 10.4. The number of aliphatic hydroxyl groups is 1. The molecule has 0 bridgehead atoms. The van der Waals surface area contributed by atoms with E-state index in [-0.39, 0.29) is 11.4 Å². The van der Waals surface area contributed by atoms with E-state index in [0.29, 0.717) is 25.8 Å². The van der Waals surface area contributed by atoms with Crippen LogP contribution < -0.4 is 4.90 Å². The number of likely N-dealkylation sites (N-methyl/N-ethyl adjacent to an activating group) is 1. The first-order chi connectivity index (χ1) is 21.6. The highest BCUT2D eigenvalue weighted by atomic mass is 32.1. The molecule has 0 radical (unpaired) electrons. The van der Waals surface area contributed by atoms with Crippen LogP contribution in [0.25, 0.3) is 42.8 Å². The van der Waals surface area contributed by atoms with Gasteiger partial charge >= 0.3 is 0 Å². The zero-order valence-electron chi connectivity index (χ0n) is 25.8. The molecule has 7 heterocycles. The highest BCUT2D eigenvalue weighted by molar-refractivity contribution is 7.22. The molecule has 2 N–H and O–H groups in total. The van der Waals surface area contributed by atoms with Gasteiger partial charge in [0.25, 0.3) is 0 Å². The van der Waals surface area contributed by atoms with Gasteiger partial charge in [0.1, 0.15) is 5.65 Å². The van der Waals surface area contributed by atoms with Crippen LogP contribution in [0.2, 0.25) is 0 Å². The molecule has 8 rings (SSSR count). The predicted molar refractivity (Wildman–Crippen MR) is 175 cm³/mol. The fourth-order valence-corrected chi connectivity index (χ4v) is 9.12. The Morgan fingerprint density at radius 2 is 1.98 bits per heavy atom. The molecule has 1 saturated carbocycles. The number of fused-ring (bicyclic) bond motifs is 5. The number of nitriles is 1. The molecule has 0 unspecified atom stereocenters. The van der Waals surface area contributed by atoms with Gasteiger partial charge in [-0.2, -0.15) is 10.4 Å². The fraction of sp³-hybridized carbons (Fsp3) is 0.441. The molecule has 11 heteroatoms. The van der Waals surface area contributed by atoms with Crippen LogP contribution in [-0.2, 0) is 16.8 Å². The number of rotatable bonds is 6. The average molecular weight is 621 g/mol. The molecule has 0 atom stereocenters.